The van der Waals surface area contributed by atoms with Gasteiger partial charge in [0.2, 0.25) is 0 Å². The smallest absolute Gasteiger partial charge is 0.0183 e. The van der Waals surface area contributed by atoms with Crippen LogP contribution in [-0.4, -0.2) is 4.83 Å². The van der Waals surface area contributed by atoms with E-state index in [9.17, 15) is 0 Å². The number of hydrogen-bond donors (Lipinski definition) is 0. The highest BCUT2D eigenvalue weighted by atomic mass is 79.9. The molecule has 1 aliphatic carbocycles. The molecule has 0 aliphatic heterocycles. The van der Waals surface area contributed by atoms with Gasteiger partial charge in [0.1, 0.15) is 0 Å². The maximum absolute atomic E-state index is 3.71. The van der Waals surface area contributed by atoms with Crippen LogP contribution in [0.1, 0.15) is 42.9 Å². The molecule has 1 unspecified atom stereocenters. The maximum atomic E-state index is 3.71. The summed E-state index contributed by atoms with van der Waals surface area (Å²) in [7, 11) is 0. The molecule has 15 heavy (non-hydrogen) atoms. The molecule has 1 aliphatic rings. The highest BCUT2D eigenvalue weighted by Gasteiger charge is 2.10. The summed E-state index contributed by atoms with van der Waals surface area (Å²) in [6, 6.07) is 7.09. The van der Waals surface area contributed by atoms with Crippen molar-refractivity contribution in [3.63, 3.8) is 0 Å². The van der Waals surface area contributed by atoms with Crippen molar-refractivity contribution in [3.8, 4) is 0 Å². The molecule has 1 aromatic rings. The summed E-state index contributed by atoms with van der Waals surface area (Å²) in [4.78, 5) is 0.638. The Morgan fingerprint density at radius 3 is 2.67 bits per heavy atom. The summed E-state index contributed by atoms with van der Waals surface area (Å²) in [5.41, 5.74) is 4.70. The molecule has 0 N–H and O–H groups in total. The van der Waals surface area contributed by atoms with E-state index in [4.69, 9.17) is 0 Å². The summed E-state index contributed by atoms with van der Waals surface area (Å²) in [6.45, 7) is 2.23. The van der Waals surface area contributed by atoms with Gasteiger partial charge in [-0.1, -0.05) is 41.1 Å². The largest absolute Gasteiger partial charge is 0.0887 e. The van der Waals surface area contributed by atoms with Crippen molar-refractivity contribution in [3.05, 3.63) is 34.9 Å². The van der Waals surface area contributed by atoms with Gasteiger partial charge in [-0.25, -0.2) is 0 Å². The van der Waals surface area contributed by atoms with Crippen LogP contribution in [0.4, 0.5) is 0 Å². The highest BCUT2D eigenvalue weighted by molar-refractivity contribution is 9.09. The van der Waals surface area contributed by atoms with Gasteiger partial charge >= 0.3 is 0 Å². The van der Waals surface area contributed by atoms with Crippen LogP contribution in [0.3, 0.4) is 0 Å². The number of benzene rings is 1. The average Bonchev–Trinajstić information content (AvgIpc) is 2.29. The third-order valence-electron chi connectivity index (χ3n) is 3.31. The normalized spacial score (nSPS) is 17.2. The second-order valence-corrected chi connectivity index (χ2v) is 5.81. The zero-order valence-corrected chi connectivity index (χ0v) is 11.0. The lowest BCUT2D eigenvalue weighted by molar-refractivity contribution is 0.683. The third kappa shape index (κ3) is 2.84. The van der Waals surface area contributed by atoms with Gasteiger partial charge < -0.3 is 0 Å². The molecule has 0 nitrogen and oxygen atoms in total. The summed E-state index contributed by atoms with van der Waals surface area (Å²) >= 11 is 3.71. The molecule has 1 heteroatoms. The SMILES string of the molecule is CCC(Br)Cc1ccc2c(c1)CCCC2. The van der Waals surface area contributed by atoms with Crippen LogP contribution in [0.15, 0.2) is 18.2 Å². The lowest BCUT2D eigenvalue weighted by Crippen LogP contribution is -2.05. The van der Waals surface area contributed by atoms with Crippen LogP contribution < -0.4 is 0 Å². The van der Waals surface area contributed by atoms with Gasteiger partial charge in [-0.2, -0.15) is 0 Å². The van der Waals surface area contributed by atoms with Crippen molar-refractivity contribution >= 4 is 15.9 Å². The van der Waals surface area contributed by atoms with Gasteiger partial charge in [-0.3, -0.25) is 0 Å². The van der Waals surface area contributed by atoms with E-state index < -0.39 is 0 Å². The molecule has 1 aromatic carbocycles. The van der Waals surface area contributed by atoms with Crippen LogP contribution in [0.5, 0.6) is 0 Å². The van der Waals surface area contributed by atoms with Gasteiger partial charge in [0, 0.05) is 4.83 Å². The maximum Gasteiger partial charge on any atom is 0.0183 e. The van der Waals surface area contributed by atoms with Crippen molar-refractivity contribution in [1.82, 2.24) is 0 Å². The molecule has 0 aromatic heterocycles. The Kier molecular flexibility index (Phi) is 3.85. The first-order valence-electron chi connectivity index (χ1n) is 6.04. The van der Waals surface area contributed by atoms with Crippen molar-refractivity contribution in [2.24, 2.45) is 0 Å². The first-order valence-corrected chi connectivity index (χ1v) is 6.96. The number of hydrogen-bond acceptors (Lipinski definition) is 0. The fourth-order valence-corrected chi connectivity index (χ4v) is 2.69. The molecule has 0 saturated heterocycles. The van der Waals surface area contributed by atoms with E-state index in [1.165, 1.54) is 44.1 Å². The average molecular weight is 267 g/mol. The van der Waals surface area contributed by atoms with Gasteiger partial charge in [-0.15, -0.1) is 0 Å². The van der Waals surface area contributed by atoms with Crippen molar-refractivity contribution in [2.75, 3.05) is 0 Å². The van der Waals surface area contributed by atoms with E-state index in [0.29, 0.717) is 4.83 Å². The van der Waals surface area contributed by atoms with E-state index in [2.05, 4.69) is 41.1 Å². The Hall–Kier alpha value is -0.300. The van der Waals surface area contributed by atoms with E-state index in [-0.39, 0.29) is 0 Å². The summed E-state index contributed by atoms with van der Waals surface area (Å²) in [6.07, 6.45) is 7.72. The number of fused-ring (bicyclic) bond motifs is 1. The molecule has 0 radical (unpaired) electrons. The molecule has 0 fully saturated rings. The number of rotatable bonds is 3. The molecule has 2 rings (SSSR count). The molecule has 1 atom stereocenters. The Morgan fingerprint density at radius 2 is 1.93 bits per heavy atom. The Labute approximate surface area is 101 Å². The fraction of sp³-hybridized carbons (Fsp3) is 0.571. The van der Waals surface area contributed by atoms with Gasteiger partial charge in [0.05, 0.1) is 0 Å². The summed E-state index contributed by atoms with van der Waals surface area (Å²) in [5, 5.41) is 0. The second-order valence-electron chi connectivity index (χ2n) is 4.52. The van der Waals surface area contributed by atoms with E-state index in [1.807, 2.05) is 0 Å². The van der Waals surface area contributed by atoms with Gasteiger partial charge in [0.15, 0.2) is 0 Å². The third-order valence-corrected chi connectivity index (χ3v) is 4.28. The lowest BCUT2D eigenvalue weighted by atomic mass is 9.89. The molecule has 0 amide bonds. The van der Waals surface area contributed by atoms with E-state index in [0.717, 1.165) is 0 Å². The molecule has 0 bridgehead atoms. The van der Waals surface area contributed by atoms with Gasteiger partial charge in [-0.05, 0) is 55.2 Å². The molecule has 0 saturated carbocycles. The number of alkyl halides is 1. The minimum absolute atomic E-state index is 0.638. The first-order chi connectivity index (χ1) is 7.29. The van der Waals surface area contributed by atoms with Crippen LogP contribution in [-0.2, 0) is 19.3 Å². The Balaban J connectivity index is 2.13. The predicted octanol–water partition coefficient (Wildman–Crippen LogP) is 4.28. The first kappa shape index (κ1) is 11.2. The molecular formula is C14H19Br. The standard InChI is InChI=1S/C14H19Br/c1-2-14(15)10-11-7-8-12-5-3-4-6-13(12)9-11/h7-9,14H,2-6,10H2,1H3. The monoisotopic (exact) mass is 266 g/mol. The number of halogens is 1. The minimum atomic E-state index is 0.638. The van der Waals surface area contributed by atoms with Crippen LogP contribution in [0, 0.1) is 0 Å². The topological polar surface area (TPSA) is 0 Å². The highest BCUT2D eigenvalue weighted by Crippen LogP contribution is 2.23. The van der Waals surface area contributed by atoms with E-state index in [1.54, 1.807) is 11.1 Å². The Morgan fingerprint density at radius 1 is 1.20 bits per heavy atom. The van der Waals surface area contributed by atoms with Crippen molar-refractivity contribution in [2.45, 2.75) is 50.3 Å². The molecule has 0 heterocycles. The molecular weight excluding hydrogens is 248 g/mol. The van der Waals surface area contributed by atoms with Gasteiger partial charge in [0.25, 0.3) is 0 Å². The lowest BCUT2D eigenvalue weighted by Gasteiger charge is -2.17. The van der Waals surface area contributed by atoms with Crippen LogP contribution >= 0.6 is 15.9 Å². The predicted molar refractivity (Wildman–Crippen MR) is 69.8 cm³/mol. The van der Waals surface area contributed by atoms with Crippen LogP contribution in [0.2, 0.25) is 0 Å². The zero-order valence-electron chi connectivity index (χ0n) is 9.43. The summed E-state index contributed by atoms with van der Waals surface area (Å²) < 4.78 is 0. The van der Waals surface area contributed by atoms with Crippen molar-refractivity contribution in [1.29, 1.82) is 0 Å². The number of aryl methyl sites for hydroxylation is 2. The zero-order chi connectivity index (χ0) is 10.7. The Bertz CT molecular complexity index is 330. The molecule has 0 spiro atoms. The molecule has 82 valence electrons. The second kappa shape index (κ2) is 5.16. The quantitative estimate of drug-likeness (QED) is 0.717. The minimum Gasteiger partial charge on any atom is -0.0887 e. The fourth-order valence-electron chi connectivity index (χ4n) is 2.31. The summed E-state index contributed by atoms with van der Waals surface area (Å²) in [5.74, 6) is 0. The van der Waals surface area contributed by atoms with Crippen LogP contribution in [0.25, 0.3) is 0 Å². The van der Waals surface area contributed by atoms with Crippen molar-refractivity contribution < 1.29 is 0 Å². The van der Waals surface area contributed by atoms with E-state index >= 15 is 0 Å².